The van der Waals surface area contributed by atoms with Gasteiger partial charge in [-0.05, 0) is 42.0 Å². The first-order chi connectivity index (χ1) is 13.1. The van der Waals surface area contributed by atoms with E-state index < -0.39 is 18.5 Å². The molecule has 1 aromatic carbocycles. The van der Waals surface area contributed by atoms with Crippen LogP contribution in [0.3, 0.4) is 0 Å². The average molecular weight is 405 g/mol. The van der Waals surface area contributed by atoms with Crippen LogP contribution in [0, 0.1) is 5.82 Å². The summed E-state index contributed by atoms with van der Waals surface area (Å²) in [5.74, 6) is -1.45. The molecule has 0 saturated heterocycles. The van der Waals surface area contributed by atoms with Crippen molar-refractivity contribution in [1.82, 2.24) is 14.9 Å². The van der Waals surface area contributed by atoms with Crippen molar-refractivity contribution < 1.29 is 18.7 Å². The number of ether oxygens (including phenoxy) is 1. The van der Waals surface area contributed by atoms with Gasteiger partial charge in [-0.15, -0.1) is 11.3 Å². The smallest absolute Gasteiger partial charge is 0.357 e. The third-order valence-corrected chi connectivity index (χ3v) is 5.11. The number of benzene rings is 1. The van der Waals surface area contributed by atoms with Crippen molar-refractivity contribution >= 4 is 35.0 Å². The molecule has 9 heteroatoms. The monoisotopic (exact) mass is 405 g/mol. The topological polar surface area (TPSA) is 73.2 Å². The summed E-state index contributed by atoms with van der Waals surface area (Å²) in [6.07, 6.45) is 3.19. The van der Waals surface area contributed by atoms with Gasteiger partial charge in [-0.3, -0.25) is 9.36 Å². The molecule has 140 valence electrons. The van der Waals surface area contributed by atoms with Crippen LogP contribution in [0.2, 0.25) is 0 Å². The van der Waals surface area contributed by atoms with Crippen molar-refractivity contribution in [3.63, 3.8) is 0 Å². The first kappa shape index (κ1) is 19.1. The molecule has 0 spiro atoms. The maximum absolute atomic E-state index is 13.2. The molecular formula is C18H16FN3O3S2. The van der Waals surface area contributed by atoms with Crippen LogP contribution in [-0.4, -0.2) is 34.3 Å². The molecule has 0 aliphatic heterocycles. The molecule has 2 aromatic heterocycles. The second-order valence-electron chi connectivity index (χ2n) is 5.37. The van der Waals surface area contributed by atoms with Crippen LogP contribution in [0.15, 0.2) is 53.1 Å². The summed E-state index contributed by atoms with van der Waals surface area (Å²) in [4.78, 5) is 29.5. The molecule has 0 radical (unpaired) electrons. The van der Waals surface area contributed by atoms with Crippen LogP contribution in [0.25, 0.3) is 5.69 Å². The fourth-order valence-electron chi connectivity index (χ4n) is 2.32. The second kappa shape index (κ2) is 8.83. The molecule has 0 saturated carbocycles. The molecule has 0 bridgehead atoms. The molecule has 0 aliphatic carbocycles. The van der Waals surface area contributed by atoms with Gasteiger partial charge in [0.05, 0.1) is 12.7 Å². The Labute approximate surface area is 163 Å². The number of imidazole rings is 1. The van der Waals surface area contributed by atoms with Crippen LogP contribution in [0.5, 0.6) is 0 Å². The number of amides is 1. The van der Waals surface area contributed by atoms with Crippen molar-refractivity contribution in [2.24, 2.45) is 0 Å². The van der Waals surface area contributed by atoms with Crippen LogP contribution >= 0.6 is 23.1 Å². The number of rotatable bonds is 7. The lowest BCUT2D eigenvalue weighted by Crippen LogP contribution is -2.28. The number of hydrogen-bond acceptors (Lipinski definition) is 6. The highest BCUT2D eigenvalue weighted by atomic mass is 32.2. The van der Waals surface area contributed by atoms with Crippen LogP contribution in [0.4, 0.5) is 4.39 Å². The number of nitrogens with zero attached hydrogens (tertiary/aromatic N) is 2. The van der Waals surface area contributed by atoms with E-state index >= 15 is 0 Å². The number of carbonyl (C=O) groups is 2. The normalized spacial score (nSPS) is 10.6. The molecule has 6 nitrogen and oxygen atoms in total. The van der Waals surface area contributed by atoms with E-state index in [0.717, 1.165) is 4.88 Å². The Bertz CT molecular complexity index is 924. The summed E-state index contributed by atoms with van der Waals surface area (Å²) in [6, 6.07) is 9.48. The van der Waals surface area contributed by atoms with Gasteiger partial charge in [0.25, 0.3) is 5.91 Å². The first-order valence-corrected chi connectivity index (χ1v) is 10.0. The van der Waals surface area contributed by atoms with Gasteiger partial charge in [0.15, 0.2) is 17.5 Å². The Morgan fingerprint density at radius 2 is 2.07 bits per heavy atom. The molecular weight excluding hydrogens is 389 g/mol. The molecule has 2 heterocycles. The fourth-order valence-corrected chi connectivity index (χ4v) is 3.51. The van der Waals surface area contributed by atoms with E-state index in [9.17, 15) is 14.0 Å². The number of carbonyl (C=O) groups excluding carboxylic acids is 2. The van der Waals surface area contributed by atoms with Crippen molar-refractivity contribution in [3.8, 4) is 5.69 Å². The van der Waals surface area contributed by atoms with Gasteiger partial charge < -0.3 is 10.1 Å². The minimum Gasteiger partial charge on any atom is -0.451 e. The summed E-state index contributed by atoms with van der Waals surface area (Å²) < 4.78 is 19.9. The lowest BCUT2D eigenvalue weighted by molar-refractivity contribution is -0.124. The number of thiophene rings is 1. The van der Waals surface area contributed by atoms with E-state index in [2.05, 4.69) is 10.3 Å². The molecule has 1 amide bonds. The molecule has 0 atom stereocenters. The molecule has 0 fully saturated rings. The summed E-state index contributed by atoms with van der Waals surface area (Å²) >= 11 is 2.86. The Balaban J connectivity index is 1.67. The zero-order valence-electron chi connectivity index (χ0n) is 14.3. The Kier molecular flexibility index (Phi) is 6.25. The van der Waals surface area contributed by atoms with Gasteiger partial charge in [-0.25, -0.2) is 14.2 Å². The summed E-state index contributed by atoms with van der Waals surface area (Å²) in [6.45, 7) is -0.00834. The molecule has 0 unspecified atom stereocenters. The third kappa shape index (κ3) is 4.75. The van der Waals surface area contributed by atoms with Crippen LogP contribution in [0.1, 0.15) is 15.4 Å². The number of hydrogen-bond donors (Lipinski definition) is 1. The highest BCUT2D eigenvalue weighted by molar-refractivity contribution is 7.98. The highest BCUT2D eigenvalue weighted by Crippen LogP contribution is 2.22. The number of thioether (sulfide) groups is 1. The second-order valence-corrected chi connectivity index (χ2v) is 7.18. The van der Waals surface area contributed by atoms with Gasteiger partial charge >= 0.3 is 5.97 Å². The summed E-state index contributed by atoms with van der Waals surface area (Å²) in [7, 11) is 0. The number of aromatic nitrogens is 2. The maximum Gasteiger partial charge on any atom is 0.357 e. The minimum absolute atomic E-state index is 0.164. The van der Waals surface area contributed by atoms with Gasteiger partial charge in [-0.2, -0.15) is 0 Å². The average Bonchev–Trinajstić information content (AvgIpc) is 3.34. The predicted octanol–water partition coefficient (Wildman–Crippen LogP) is 3.27. The van der Waals surface area contributed by atoms with E-state index in [0.29, 0.717) is 17.4 Å². The van der Waals surface area contributed by atoms with E-state index in [-0.39, 0.29) is 11.5 Å². The lowest BCUT2D eigenvalue weighted by atomic mass is 10.3. The van der Waals surface area contributed by atoms with Crippen molar-refractivity contribution in [1.29, 1.82) is 0 Å². The van der Waals surface area contributed by atoms with Crippen LogP contribution in [-0.2, 0) is 16.1 Å². The highest BCUT2D eigenvalue weighted by Gasteiger charge is 2.20. The molecule has 1 N–H and O–H groups in total. The summed E-state index contributed by atoms with van der Waals surface area (Å²) in [5.41, 5.74) is 0.740. The molecule has 3 aromatic rings. The quantitative estimate of drug-likeness (QED) is 0.482. The molecule has 27 heavy (non-hydrogen) atoms. The van der Waals surface area contributed by atoms with Gasteiger partial charge in [-0.1, -0.05) is 17.8 Å². The maximum atomic E-state index is 13.2. The Hall–Kier alpha value is -2.65. The van der Waals surface area contributed by atoms with E-state index in [1.54, 1.807) is 16.7 Å². The van der Waals surface area contributed by atoms with E-state index in [1.165, 1.54) is 41.4 Å². The molecule has 0 aliphatic rings. The summed E-state index contributed by atoms with van der Waals surface area (Å²) in [5, 5.41) is 5.16. The van der Waals surface area contributed by atoms with Crippen molar-refractivity contribution in [2.45, 2.75) is 11.7 Å². The fraction of sp³-hybridized carbons (Fsp3) is 0.167. The van der Waals surface area contributed by atoms with Gasteiger partial charge in [0, 0.05) is 10.6 Å². The number of halogens is 1. The third-order valence-electron chi connectivity index (χ3n) is 3.58. The largest absolute Gasteiger partial charge is 0.451 e. The predicted molar refractivity (Wildman–Crippen MR) is 102 cm³/mol. The molecule has 3 rings (SSSR count). The van der Waals surface area contributed by atoms with Crippen molar-refractivity contribution in [3.05, 3.63) is 64.4 Å². The zero-order valence-corrected chi connectivity index (χ0v) is 16.0. The SMILES string of the molecule is CSc1ncc(C(=O)OCC(=O)NCc2cccs2)n1-c1ccc(F)cc1. The van der Waals surface area contributed by atoms with Crippen LogP contribution < -0.4 is 5.32 Å². The Morgan fingerprint density at radius 3 is 2.74 bits per heavy atom. The van der Waals surface area contributed by atoms with Gasteiger partial charge in [0.1, 0.15) is 5.82 Å². The minimum atomic E-state index is -0.682. The van der Waals surface area contributed by atoms with E-state index in [1.807, 2.05) is 23.8 Å². The standard InChI is InChI=1S/C18H16FN3O3S2/c1-26-18-21-10-15(22(18)13-6-4-12(19)5-7-13)17(24)25-11-16(23)20-9-14-3-2-8-27-14/h2-8,10H,9,11H2,1H3,(H,20,23). The zero-order chi connectivity index (χ0) is 19.2. The van der Waals surface area contributed by atoms with E-state index in [4.69, 9.17) is 4.74 Å². The lowest BCUT2D eigenvalue weighted by Gasteiger charge is -2.11. The number of nitrogens with one attached hydrogen (secondary N) is 1. The first-order valence-electron chi connectivity index (χ1n) is 7.92. The Morgan fingerprint density at radius 1 is 1.30 bits per heavy atom. The van der Waals surface area contributed by atoms with Gasteiger partial charge in [0.2, 0.25) is 0 Å². The van der Waals surface area contributed by atoms with Crippen molar-refractivity contribution in [2.75, 3.05) is 12.9 Å². The number of esters is 1.